The summed E-state index contributed by atoms with van der Waals surface area (Å²) in [6.07, 6.45) is 3.88. The fourth-order valence-corrected chi connectivity index (χ4v) is 3.92. The van der Waals surface area contributed by atoms with Crippen LogP contribution in [-0.4, -0.2) is 75.1 Å². The number of likely N-dealkylation sites (N-methyl/N-ethyl adjacent to an activating group) is 1. The Kier molecular flexibility index (Phi) is 5.85. The molecule has 2 rings (SSSR count). The number of carbonyl (C=O) groups excluding carboxylic acids is 2. The number of hydrogen-bond donors (Lipinski definition) is 2. The minimum absolute atomic E-state index is 0.00946. The molecule has 0 aromatic rings. The Morgan fingerprint density at radius 1 is 1.26 bits per heavy atom. The Balaban J connectivity index is 1.67. The summed E-state index contributed by atoms with van der Waals surface area (Å²) in [6.45, 7) is 2.12. The van der Waals surface area contributed by atoms with E-state index in [-0.39, 0.29) is 18.0 Å². The van der Waals surface area contributed by atoms with E-state index < -0.39 is 10.0 Å². The number of sulfonamides is 1. The third kappa shape index (κ3) is 5.35. The Labute approximate surface area is 137 Å². The molecule has 2 N–H and O–H groups in total. The van der Waals surface area contributed by atoms with Gasteiger partial charge in [-0.1, -0.05) is 0 Å². The standard InChI is InChI=1S/C14H26N4O4S/c1-17-10-12(3-4-13(17)19)16-14(20)15-9-11-5-7-18(8-6-11)23(2,21)22/h11-12H,3-10H2,1-2H3,(H2,15,16,20). The van der Waals surface area contributed by atoms with Crippen LogP contribution in [0, 0.1) is 5.92 Å². The number of carbonyl (C=O) groups is 2. The molecule has 1 unspecified atom stereocenters. The number of amides is 3. The van der Waals surface area contributed by atoms with E-state index in [9.17, 15) is 18.0 Å². The number of nitrogens with one attached hydrogen (secondary N) is 2. The van der Waals surface area contributed by atoms with Crippen molar-refractivity contribution in [3.63, 3.8) is 0 Å². The van der Waals surface area contributed by atoms with Crippen LogP contribution in [0.3, 0.4) is 0 Å². The third-order valence-electron chi connectivity index (χ3n) is 4.56. The molecule has 0 aromatic heterocycles. The molecule has 1 atom stereocenters. The summed E-state index contributed by atoms with van der Waals surface area (Å²) in [5.74, 6) is 0.412. The molecular formula is C14H26N4O4S. The molecule has 0 saturated carbocycles. The number of hydrogen-bond acceptors (Lipinski definition) is 4. The SMILES string of the molecule is CN1CC(NC(=O)NCC2CCN(S(C)(=O)=O)CC2)CCC1=O. The fraction of sp³-hybridized carbons (Fsp3) is 0.857. The van der Waals surface area contributed by atoms with Gasteiger partial charge >= 0.3 is 6.03 Å². The van der Waals surface area contributed by atoms with Gasteiger partial charge in [0, 0.05) is 45.7 Å². The maximum atomic E-state index is 11.9. The predicted molar refractivity (Wildman–Crippen MR) is 86.3 cm³/mol. The second-order valence-corrected chi connectivity index (χ2v) is 8.45. The highest BCUT2D eigenvalue weighted by molar-refractivity contribution is 7.88. The summed E-state index contributed by atoms with van der Waals surface area (Å²) in [6, 6.07) is -0.229. The summed E-state index contributed by atoms with van der Waals surface area (Å²) in [5.41, 5.74) is 0. The first-order valence-electron chi connectivity index (χ1n) is 7.99. The first kappa shape index (κ1) is 18.0. The number of nitrogens with zero attached hydrogens (tertiary/aromatic N) is 2. The van der Waals surface area contributed by atoms with Crippen LogP contribution in [0.2, 0.25) is 0 Å². The van der Waals surface area contributed by atoms with E-state index in [2.05, 4.69) is 10.6 Å². The normalized spacial score (nSPS) is 24.5. The second-order valence-electron chi connectivity index (χ2n) is 6.47. The molecule has 0 bridgehead atoms. The van der Waals surface area contributed by atoms with E-state index in [0.29, 0.717) is 44.9 Å². The highest BCUT2D eigenvalue weighted by Gasteiger charge is 2.26. The van der Waals surface area contributed by atoms with E-state index in [1.807, 2.05) is 0 Å². The maximum absolute atomic E-state index is 11.9. The van der Waals surface area contributed by atoms with Crippen LogP contribution >= 0.6 is 0 Å². The Hall–Kier alpha value is -1.35. The monoisotopic (exact) mass is 346 g/mol. The molecule has 2 saturated heterocycles. The lowest BCUT2D eigenvalue weighted by Gasteiger charge is -2.31. The van der Waals surface area contributed by atoms with Crippen molar-refractivity contribution in [2.24, 2.45) is 5.92 Å². The lowest BCUT2D eigenvalue weighted by molar-refractivity contribution is -0.132. The van der Waals surface area contributed by atoms with Crippen molar-refractivity contribution in [3.8, 4) is 0 Å². The van der Waals surface area contributed by atoms with Gasteiger partial charge in [-0.2, -0.15) is 0 Å². The summed E-state index contributed by atoms with van der Waals surface area (Å²) < 4.78 is 24.4. The molecule has 2 heterocycles. The minimum atomic E-state index is -3.11. The van der Waals surface area contributed by atoms with Crippen molar-refractivity contribution in [1.82, 2.24) is 19.8 Å². The van der Waals surface area contributed by atoms with Crippen LogP contribution < -0.4 is 10.6 Å². The van der Waals surface area contributed by atoms with E-state index >= 15 is 0 Å². The van der Waals surface area contributed by atoms with Gasteiger partial charge in [0.25, 0.3) is 0 Å². The van der Waals surface area contributed by atoms with Crippen molar-refractivity contribution < 1.29 is 18.0 Å². The molecule has 23 heavy (non-hydrogen) atoms. The maximum Gasteiger partial charge on any atom is 0.315 e. The number of rotatable bonds is 4. The van der Waals surface area contributed by atoms with Crippen LogP contribution in [0.1, 0.15) is 25.7 Å². The number of urea groups is 1. The van der Waals surface area contributed by atoms with E-state index in [1.54, 1.807) is 11.9 Å². The van der Waals surface area contributed by atoms with Crippen molar-refractivity contribution in [2.45, 2.75) is 31.7 Å². The van der Waals surface area contributed by atoms with Gasteiger partial charge in [0.1, 0.15) is 0 Å². The number of piperidine rings is 2. The molecule has 2 fully saturated rings. The van der Waals surface area contributed by atoms with Gasteiger partial charge in [-0.25, -0.2) is 17.5 Å². The Morgan fingerprint density at radius 3 is 2.48 bits per heavy atom. The zero-order valence-electron chi connectivity index (χ0n) is 13.7. The van der Waals surface area contributed by atoms with E-state index in [4.69, 9.17) is 0 Å². The van der Waals surface area contributed by atoms with Crippen molar-refractivity contribution in [3.05, 3.63) is 0 Å². The highest BCUT2D eigenvalue weighted by Crippen LogP contribution is 2.18. The summed E-state index contributed by atoms with van der Waals surface area (Å²) >= 11 is 0. The molecule has 132 valence electrons. The van der Waals surface area contributed by atoms with E-state index in [1.165, 1.54) is 10.6 Å². The molecule has 3 amide bonds. The zero-order valence-corrected chi connectivity index (χ0v) is 14.6. The average molecular weight is 346 g/mol. The molecule has 0 aromatic carbocycles. The van der Waals surface area contributed by atoms with Gasteiger partial charge in [0.2, 0.25) is 15.9 Å². The van der Waals surface area contributed by atoms with Crippen LogP contribution in [0.25, 0.3) is 0 Å². The second kappa shape index (κ2) is 7.48. The van der Waals surface area contributed by atoms with E-state index in [0.717, 1.165) is 12.8 Å². The van der Waals surface area contributed by atoms with Gasteiger partial charge in [0.15, 0.2) is 0 Å². The first-order chi connectivity index (χ1) is 10.8. The summed E-state index contributed by atoms with van der Waals surface area (Å²) in [7, 11) is -1.37. The Bertz CT molecular complexity index is 543. The Morgan fingerprint density at radius 2 is 1.91 bits per heavy atom. The van der Waals surface area contributed by atoms with Gasteiger partial charge in [-0.3, -0.25) is 4.79 Å². The summed E-state index contributed by atoms with van der Waals surface area (Å²) in [5, 5.41) is 5.75. The number of likely N-dealkylation sites (tertiary alicyclic amines) is 1. The van der Waals surface area contributed by atoms with Crippen LogP contribution in [-0.2, 0) is 14.8 Å². The smallest absolute Gasteiger partial charge is 0.315 e. The third-order valence-corrected chi connectivity index (χ3v) is 5.86. The molecule has 9 heteroatoms. The lowest BCUT2D eigenvalue weighted by atomic mass is 9.98. The van der Waals surface area contributed by atoms with Crippen LogP contribution in [0.5, 0.6) is 0 Å². The van der Waals surface area contributed by atoms with Crippen LogP contribution in [0.4, 0.5) is 4.79 Å². The molecule has 2 aliphatic rings. The highest BCUT2D eigenvalue weighted by atomic mass is 32.2. The lowest BCUT2D eigenvalue weighted by Crippen LogP contribution is -2.52. The molecule has 8 nitrogen and oxygen atoms in total. The van der Waals surface area contributed by atoms with Gasteiger partial charge in [-0.15, -0.1) is 0 Å². The molecule has 2 aliphatic heterocycles. The van der Waals surface area contributed by atoms with Crippen LogP contribution in [0.15, 0.2) is 0 Å². The molecular weight excluding hydrogens is 320 g/mol. The molecule has 0 radical (unpaired) electrons. The zero-order chi connectivity index (χ0) is 17.0. The van der Waals surface area contributed by atoms with Crippen molar-refractivity contribution in [2.75, 3.05) is 39.5 Å². The van der Waals surface area contributed by atoms with Crippen molar-refractivity contribution in [1.29, 1.82) is 0 Å². The summed E-state index contributed by atoms with van der Waals surface area (Å²) in [4.78, 5) is 25.0. The largest absolute Gasteiger partial charge is 0.344 e. The van der Waals surface area contributed by atoms with Gasteiger partial charge in [-0.05, 0) is 25.2 Å². The quantitative estimate of drug-likeness (QED) is 0.722. The predicted octanol–water partition coefficient (Wildman–Crippen LogP) is -0.422. The topological polar surface area (TPSA) is 98.8 Å². The fourth-order valence-electron chi connectivity index (χ4n) is 3.05. The van der Waals surface area contributed by atoms with Gasteiger partial charge < -0.3 is 15.5 Å². The minimum Gasteiger partial charge on any atom is -0.344 e. The van der Waals surface area contributed by atoms with Gasteiger partial charge in [0.05, 0.1) is 6.26 Å². The average Bonchev–Trinajstić information content (AvgIpc) is 2.48. The van der Waals surface area contributed by atoms with Crippen molar-refractivity contribution >= 4 is 22.0 Å². The first-order valence-corrected chi connectivity index (χ1v) is 9.84. The molecule has 0 aliphatic carbocycles. The molecule has 0 spiro atoms.